The Balaban J connectivity index is 1.80. The first-order valence-corrected chi connectivity index (χ1v) is 30.0. The number of phosphoric ester groups is 1. The summed E-state index contributed by atoms with van der Waals surface area (Å²) in [7, 11) is -4.70. The highest BCUT2D eigenvalue weighted by Crippen LogP contribution is 2.52. The van der Waals surface area contributed by atoms with Crippen LogP contribution >= 0.6 is 7.82 Å². The van der Waals surface area contributed by atoms with Crippen LogP contribution in [0.2, 0.25) is 0 Å². The van der Waals surface area contributed by atoms with Crippen LogP contribution in [0.15, 0.2) is 60.7 Å². The van der Waals surface area contributed by atoms with E-state index in [0.717, 1.165) is 77.0 Å². The number of rotatable bonds is 44. The van der Waals surface area contributed by atoms with E-state index in [1.165, 1.54) is 116 Å². The standard InChI is InChI=1S/C58H98NO11P/c1-4-7-10-13-16-18-19-20-22-24-27-32-39-48(38-31-26-23-15-12-9-6-3)45-54(63)67-57-55(59-53(62)46-49(61)40-33-28-25-21-17-14-11-8-5-2)58(64)66-52(47-60)56(57)70-71(65,68-50-41-34-29-35-42-50)69-51-43-36-30-37-44-51/h29-30,34-37,41-44,48-49,52,55-58,60-61,64H,4-28,31-33,38-40,45-47H2,1-3H3,(H,59,62)/t48-,49+,52+,55-,56+,57+,58-/m0/s1. The van der Waals surface area contributed by atoms with Crippen molar-refractivity contribution in [3.05, 3.63) is 60.7 Å². The minimum Gasteiger partial charge on any atom is -0.457 e. The molecule has 1 aliphatic heterocycles. The molecule has 71 heavy (non-hydrogen) atoms. The summed E-state index contributed by atoms with van der Waals surface area (Å²) in [6.45, 7) is 5.95. The van der Waals surface area contributed by atoms with E-state index in [2.05, 4.69) is 26.1 Å². The lowest BCUT2D eigenvalue weighted by atomic mass is 9.91. The molecule has 0 bridgehead atoms. The highest BCUT2D eigenvalue weighted by Gasteiger charge is 2.53. The normalized spacial score (nSPS) is 19.0. The van der Waals surface area contributed by atoms with Crippen LogP contribution in [-0.2, 0) is 28.2 Å². The van der Waals surface area contributed by atoms with E-state index in [1.54, 1.807) is 60.7 Å². The van der Waals surface area contributed by atoms with Crippen molar-refractivity contribution in [2.24, 2.45) is 5.92 Å². The van der Waals surface area contributed by atoms with E-state index < -0.39 is 63.1 Å². The molecule has 0 radical (unpaired) electrons. The Labute approximate surface area is 430 Å². The minimum atomic E-state index is -4.70. The van der Waals surface area contributed by atoms with Crippen LogP contribution in [0.3, 0.4) is 0 Å². The molecule has 4 N–H and O–H groups in total. The molecule has 1 saturated heterocycles. The number of para-hydroxylation sites is 2. The SMILES string of the molecule is CCCCCCCCCCCCCC[C@H](CCCCCCCCC)CC(=O)O[C@@H]1[C@H](NC(=O)C[C@H](O)CCCCCCCCCCC)[C@@H](O)O[C@H](CO)[C@H]1OP(=O)(Oc1ccccc1)Oc1ccccc1. The van der Waals surface area contributed by atoms with Crippen molar-refractivity contribution in [1.29, 1.82) is 0 Å². The van der Waals surface area contributed by atoms with Gasteiger partial charge in [-0.15, -0.1) is 0 Å². The molecule has 1 heterocycles. The molecule has 13 heteroatoms. The number of aliphatic hydroxyl groups excluding tert-OH is 3. The van der Waals surface area contributed by atoms with Gasteiger partial charge in [-0.3, -0.25) is 14.1 Å². The molecular weight excluding hydrogens is 918 g/mol. The van der Waals surface area contributed by atoms with Crippen LogP contribution in [0.5, 0.6) is 11.5 Å². The molecule has 7 atom stereocenters. The number of ether oxygens (including phenoxy) is 2. The first-order chi connectivity index (χ1) is 34.6. The number of hydrogen-bond acceptors (Lipinski definition) is 11. The van der Waals surface area contributed by atoms with Crippen LogP contribution < -0.4 is 14.4 Å². The molecule has 2 aromatic rings. The fraction of sp³-hybridized carbons (Fsp3) is 0.759. The van der Waals surface area contributed by atoms with Gasteiger partial charge < -0.3 is 39.2 Å². The smallest absolute Gasteiger partial charge is 0.457 e. The number of aliphatic hydroxyl groups is 3. The zero-order valence-corrected chi connectivity index (χ0v) is 45.3. The summed E-state index contributed by atoms with van der Waals surface area (Å²) < 4.78 is 45.2. The summed E-state index contributed by atoms with van der Waals surface area (Å²) in [4.78, 5) is 28.1. The lowest BCUT2D eigenvalue weighted by molar-refractivity contribution is -0.255. The third kappa shape index (κ3) is 28.3. The number of amides is 1. The third-order valence-corrected chi connectivity index (χ3v) is 15.2. The first-order valence-electron chi connectivity index (χ1n) is 28.5. The van der Waals surface area contributed by atoms with Crippen LogP contribution in [-0.4, -0.2) is 70.6 Å². The van der Waals surface area contributed by atoms with Gasteiger partial charge in [0.25, 0.3) is 0 Å². The Morgan fingerprint density at radius 3 is 1.38 bits per heavy atom. The quantitative estimate of drug-likeness (QED) is 0.0283. The number of unbranched alkanes of at least 4 members (excludes halogenated alkanes) is 25. The van der Waals surface area contributed by atoms with Gasteiger partial charge >= 0.3 is 13.8 Å². The lowest BCUT2D eigenvalue weighted by Gasteiger charge is -2.44. The van der Waals surface area contributed by atoms with Crippen LogP contribution in [0.1, 0.15) is 233 Å². The van der Waals surface area contributed by atoms with Crippen LogP contribution in [0.25, 0.3) is 0 Å². The van der Waals surface area contributed by atoms with Gasteiger partial charge in [0.15, 0.2) is 12.4 Å². The fourth-order valence-corrected chi connectivity index (χ4v) is 11.1. The van der Waals surface area contributed by atoms with Gasteiger partial charge in [-0.25, -0.2) is 4.57 Å². The Kier molecular flexibility index (Phi) is 34.6. The maximum absolute atomic E-state index is 14.9. The summed E-state index contributed by atoms with van der Waals surface area (Å²) in [6, 6.07) is 15.2. The second-order valence-corrected chi connectivity index (χ2v) is 21.7. The zero-order valence-electron chi connectivity index (χ0n) is 44.4. The first kappa shape index (κ1) is 62.3. The predicted octanol–water partition coefficient (Wildman–Crippen LogP) is 14.7. The van der Waals surface area contributed by atoms with Gasteiger partial charge in [0, 0.05) is 6.42 Å². The summed E-state index contributed by atoms with van der Waals surface area (Å²) >= 11 is 0. The number of carbonyl (C=O) groups is 2. The van der Waals surface area contributed by atoms with Crippen molar-refractivity contribution in [3.63, 3.8) is 0 Å². The van der Waals surface area contributed by atoms with E-state index in [4.69, 9.17) is 23.0 Å². The van der Waals surface area contributed by atoms with Gasteiger partial charge in [-0.1, -0.05) is 237 Å². The van der Waals surface area contributed by atoms with E-state index >= 15 is 0 Å². The lowest BCUT2D eigenvalue weighted by Crippen LogP contribution is -2.66. The zero-order chi connectivity index (χ0) is 51.2. The highest BCUT2D eigenvalue weighted by atomic mass is 31.2. The van der Waals surface area contributed by atoms with Crippen LogP contribution in [0, 0.1) is 5.92 Å². The number of hydrogen-bond donors (Lipinski definition) is 4. The average Bonchev–Trinajstić information content (AvgIpc) is 3.35. The molecule has 1 amide bonds. The molecule has 2 aromatic carbocycles. The second kappa shape index (κ2) is 39.5. The Bertz CT molecular complexity index is 1610. The third-order valence-electron chi connectivity index (χ3n) is 13.8. The van der Waals surface area contributed by atoms with Gasteiger partial charge in [0.2, 0.25) is 5.91 Å². The molecule has 0 aliphatic carbocycles. The van der Waals surface area contributed by atoms with E-state index in [1.807, 2.05) is 0 Å². The summed E-state index contributed by atoms with van der Waals surface area (Å²) in [6.07, 6.45) is 28.0. The van der Waals surface area contributed by atoms with Crippen molar-refractivity contribution in [3.8, 4) is 11.5 Å². The molecule has 12 nitrogen and oxygen atoms in total. The number of nitrogens with one attached hydrogen (secondary N) is 1. The van der Waals surface area contributed by atoms with Gasteiger partial charge in [0.05, 0.1) is 19.1 Å². The molecule has 1 aliphatic rings. The highest BCUT2D eigenvalue weighted by molar-refractivity contribution is 7.49. The number of benzene rings is 2. The van der Waals surface area contributed by atoms with E-state index in [0.29, 0.717) is 6.42 Å². The molecule has 0 spiro atoms. The molecule has 0 unspecified atom stereocenters. The second-order valence-electron chi connectivity index (χ2n) is 20.3. The minimum absolute atomic E-state index is 0.0391. The monoisotopic (exact) mass is 1020 g/mol. The Hall–Kier alpha value is -2.99. The van der Waals surface area contributed by atoms with E-state index in [-0.39, 0.29) is 30.3 Å². The maximum atomic E-state index is 14.9. The van der Waals surface area contributed by atoms with E-state index in [9.17, 15) is 29.5 Å². The molecule has 0 saturated carbocycles. The molecule has 3 rings (SSSR count). The van der Waals surface area contributed by atoms with Crippen molar-refractivity contribution < 1.29 is 52.5 Å². The maximum Gasteiger partial charge on any atom is 0.588 e. The molecule has 406 valence electrons. The Morgan fingerprint density at radius 1 is 0.577 bits per heavy atom. The van der Waals surface area contributed by atoms with Crippen LogP contribution in [0.4, 0.5) is 0 Å². The van der Waals surface area contributed by atoms with Gasteiger partial charge in [-0.2, -0.15) is 0 Å². The van der Waals surface area contributed by atoms with Gasteiger partial charge in [0.1, 0.15) is 29.7 Å². The summed E-state index contributed by atoms with van der Waals surface area (Å²) in [5.41, 5.74) is 0. The van der Waals surface area contributed by atoms with Crippen molar-refractivity contribution >= 4 is 19.7 Å². The molecule has 1 fully saturated rings. The summed E-state index contributed by atoms with van der Waals surface area (Å²) in [5, 5.41) is 35.9. The van der Waals surface area contributed by atoms with Crippen molar-refractivity contribution in [1.82, 2.24) is 5.32 Å². The number of carbonyl (C=O) groups excluding carboxylic acids is 2. The van der Waals surface area contributed by atoms with Crippen molar-refractivity contribution in [2.45, 2.75) is 269 Å². The van der Waals surface area contributed by atoms with Gasteiger partial charge in [-0.05, 0) is 49.4 Å². The fourth-order valence-electron chi connectivity index (χ4n) is 9.62. The Morgan fingerprint density at radius 2 is 0.972 bits per heavy atom. The average molecular weight is 1020 g/mol. The number of phosphoric acid groups is 1. The summed E-state index contributed by atoms with van der Waals surface area (Å²) in [5.74, 6) is -0.814. The van der Waals surface area contributed by atoms with Crippen molar-refractivity contribution in [2.75, 3.05) is 6.61 Å². The molecule has 0 aromatic heterocycles. The largest absolute Gasteiger partial charge is 0.588 e. The molecular formula is C58H98NO11P. The predicted molar refractivity (Wildman–Crippen MR) is 285 cm³/mol. The topological polar surface area (TPSA) is 170 Å². The number of esters is 1.